The monoisotopic (exact) mass is 236 g/mol. The molecule has 0 bridgehead atoms. The van der Waals surface area contributed by atoms with Gasteiger partial charge in [0.25, 0.3) is 0 Å². The Morgan fingerprint density at radius 2 is 2.35 bits per heavy atom. The van der Waals surface area contributed by atoms with Crippen LogP contribution in [0.2, 0.25) is 0 Å². The van der Waals surface area contributed by atoms with Crippen molar-refractivity contribution in [3.63, 3.8) is 0 Å². The third kappa shape index (κ3) is 3.17. The van der Waals surface area contributed by atoms with E-state index in [1.165, 1.54) is 6.42 Å². The molecule has 1 N–H and O–H groups in total. The van der Waals surface area contributed by atoms with Gasteiger partial charge in [-0.25, -0.2) is 0 Å². The standard InChI is InChI=1S/C13H20N2O2/c1-10-3-4-13(16)12(14-10)8-15-6-5-11(7-15)9-17-2/h3-4,11,16H,5-9H2,1-2H3. The molecule has 0 aromatic carbocycles. The van der Waals surface area contributed by atoms with Gasteiger partial charge < -0.3 is 9.84 Å². The van der Waals surface area contributed by atoms with E-state index in [0.717, 1.165) is 37.6 Å². The predicted molar refractivity (Wildman–Crippen MR) is 65.9 cm³/mol. The number of aryl methyl sites for hydroxylation is 1. The summed E-state index contributed by atoms with van der Waals surface area (Å²) in [6, 6.07) is 3.55. The van der Waals surface area contributed by atoms with Crippen LogP contribution in [0.15, 0.2) is 12.1 Å². The molecule has 1 fully saturated rings. The molecule has 1 unspecified atom stereocenters. The van der Waals surface area contributed by atoms with Crippen LogP contribution in [0.4, 0.5) is 0 Å². The molecule has 4 nitrogen and oxygen atoms in total. The smallest absolute Gasteiger partial charge is 0.138 e. The molecule has 1 aliphatic rings. The molecule has 4 heteroatoms. The van der Waals surface area contributed by atoms with Gasteiger partial charge in [-0.3, -0.25) is 9.88 Å². The summed E-state index contributed by atoms with van der Waals surface area (Å²) in [4.78, 5) is 6.71. The number of hydrogen-bond acceptors (Lipinski definition) is 4. The Hall–Kier alpha value is -1.13. The van der Waals surface area contributed by atoms with Crippen LogP contribution in [0, 0.1) is 12.8 Å². The summed E-state index contributed by atoms with van der Waals surface area (Å²) >= 11 is 0. The maximum Gasteiger partial charge on any atom is 0.138 e. The average molecular weight is 236 g/mol. The van der Waals surface area contributed by atoms with Crippen molar-refractivity contribution < 1.29 is 9.84 Å². The molecule has 1 atom stereocenters. The van der Waals surface area contributed by atoms with E-state index in [1.807, 2.05) is 13.0 Å². The second-order valence-corrected chi connectivity index (χ2v) is 4.76. The maximum atomic E-state index is 9.75. The summed E-state index contributed by atoms with van der Waals surface area (Å²) in [6.45, 7) is 5.59. The third-order valence-electron chi connectivity index (χ3n) is 3.24. The number of methoxy groups -OCH3 is 1. The Balaban J connectivity index is 1.95. The summed E-state index contributed by atoms with van der Waals surface area (Å²) in [5.74, 6) is 0.915. The topological polar surface area (TPSA) is 45.6 Å². The van der Waals surface area contributed by atoms with Crippen LogP contribution in [0.3, 0.4) is 0 Å². The summed E-state index contributed by atoms with van der Waals surface area (Å²) in [5.41, 5.74) is 1.73. The van der Waals surface area contributed by atoms with E-state index in [0.29, 0.717) is 11.7 Å². The first kappa shape index (κ1) is 12.3. The largest absolute Gasteiger partial charge is 0.506 e. The minimum absolute atomic E-state index is 0.297. The fourth-order valence-corrected chi connectivity index (χ4v) is 2.36. The van der Waals surface area contributed by atoms with Crippen LogP contribution < -0.4 is 0 Å². The number of pyridine rings is 1. The molecule has 0 radical (unpaired) electrons. The van der Waals surface area contributed by atoms with Gasteiger partial charge in [0, 0.05) is 25.9 Å². The molecule has 94 valence electrons. The van der Waals surface area contributed by atoms with Crippen LogP contribution in [-0.4, -0.2) is 41.8 Å². The third-order valence-corrected chi connectivity index (χ3v) is 3.24. The van der Waals surface area contributed by atoms with Crippen LogP contribution in [0.5, 0.6) is 5.75 Å². The molecule has 2 rings (SSSR count). The normalized spacial score (nSPS) is 20.9. The van der Waals surface area contributed by atoms with Crippen LogP contribution in [0.25, 0.3) is 0 Å². The molecule has 17 heavy (non-hydrogen) atoms. The number of rotatable bonds is 4. The molecule has 0 spiro atoms. The molecular formula is C13H20N2O2. The number of aromatic nitrogens is 1. The van der Waals surface area contributed by atoms with Gasteiger partial charge >= 0.3 is 0 Å². The van der Waals surface area contributed by atoms with Gasteiger partial charge in [0.2, 0.25) is 0 Å². The number of likely N-dealkylation sites (tertiary alicyclic amines) is 1. The van der Waals surface area contributed by atoms with Crippen molar-refractivity contribution in [3.05, 3.63) is 23.5 Å². The second-order valence-electron chi connectivity index (χ2n) is 4.76. The van der Waals surface area contributed by atoms with E-state index >= 15 is 0 Å². The van der Waals surface area contributed by atoms with Gasteiger partial charge in [-0.05, 0) is 37.9 Å². The van der Waals surface area contributed by atoms with Gasteiger partial charge in [0.1, 0.15) is 5.75 Å². The predicted octanol–water partition coefficient (Wildman–Crippen LogP) is 1.56. The lowest BCUT2D eigenvalue weighted by Crippen LogP contribution is -2.22. The lowest BCUT2D eigenvalue weighted by atomic mass is 10.1. The second kappa shape index (κ2) is 5.47. The zero-order chi connectivity index (χ0) is 12.3. The van der Waals surface area contributed by atoms with Crippen molar-refractivity contribution in [2.24, 2.45) is 5.92 Å². The van der Waals surface area contributed by atoms with Gasteiger partial charge in [-0.15, -0.1) is 0 Å². The quantitative estimate of drug-likeness (QED) is 0.862. The van der Waals surface area contributed by atoms with E-state index in [-0.39, 0.29) is 0 Å². The molecule has 0 amide bonds. The molecule has 1 aromatic rings. The van der Waals surface area contributed by atoms with Gasteiger partial charge in [0.15, 0.2) is 0 Å². The van der Waals surface area contributed by atoms with Crippen molar-refractivity contribution in [1.82, 2.24) is 9.88 Å². The van der Waals surface area contributed by atoms with E-state index < -0.39 is 0 Å². The molecule has 1 aromatic heterocycles. The van der Waals surface area contributed by atoms with E-state index in [2.05, 4.69) is 9.88 Å². The summed E-state index contributed by atoms with van der Waals surface area (Å²) in [7, 11) is 1.75. The van der Waals surface area contributed by atoms with Crippen molar-refractivity contribution in [2.75, 3.05) is 26.8 Å². The molecule has 0 saturated carbocycles. The maximum absolute atomic E-state index is 9.75. The van der Waals surface area contributed by atoms with Crippen molar-refractivity contribution in [2.45, 2.75) is 19.9 Å². The first-order chi connectivity index (χ1) is 8.19. The highest BCUT2D eigenvalue weighted by molar-refractivity contribution is 5.27. The first-order valence-corrected chi connectivity index (χ1v) is 6.06. The molecule has 1 saturated heterocycles. The fourth-order valence-electron chi connectivity index (χ4n) is 2.36. The number of ether oxygens (including phenoxy) is 1. The first-order valence-electron chi connectivity index (χ1n) is 6.06. The van der Waals surface area contributed by atoms with E-state index in [9.17, 15) is 5.11 Å². The van der Waals surface area contributed by atoms with Gasteiger partial charge in [-0.1, -0.05) is 0 Å². The molecule has 2 heterocycles. The van der Waals surface area contributed by atoms with Gasteiger partial charge in [0.05, 0.1) is 12.3 Å². The van der Waals surface area contributed by atoms with E-state index in [4.69, 9.17) is 4.74 Å². The lowest BCUT2D eigenvalue weighted by Gasteiger charge is -2.16. The minimum Gasteiger partial charge on any atom is -0.506 e. The van der Waals surface area contributed by atoms with Crippen molar-refractivity contribution >= 4 is 0 Å². The highest BCUT2D eigenvalue weighted by atomic mass is 16.5. The zero-order valence-electron chi connectivity index (χ0n) is 10.5. The van der Waals surface area contributed by atoms with Crippen LogP contribution >= 0.6 is 0 Å². The lowest BCUT2D eigenvalue weighted by molar-refractivity contribution is 0.152. The Bertz CT molecular complexity index is 382. The van der Waals surface area contributed by atoms with Crippen LogP contribution in [-0.2, 0) is 11.3 Å². The van der Waals surface area contributed by atoms with Gasteiger partial charge in [-0.2, -0.15) is 0 Å². The average Bonchev–Trinajstić information content (AvgIpc) is 2.72. The molecular weight excluding hydrogens is 216 g/mol. The van der Waals surface area contributed by atoms with E-state index in [1.54, 1.807) is 13.2 Å². The fraction of sp³-hybridized carbons (Fsp3) is 0.615. The Morgan fingerprint density at radius 3 is 3.12 bits per heavy atom. The molecule has 0 aliphatic carbocycles. The highest BCUT2D eigenvalue weighted by Crippen LogP contribution is 2.22. The molecule has 1 aliphatic heterocycles. The van der Waals surface area contributed by atoms with Crippen molar-refractivity contribution in [3.8, 4) is 5.75 Å². The summed E-state index contributed by atoms with van der Waals surface area (Å²) in [5, 5.41) is 9.75. The minimum atomic E-state index is 0.297. The number of nitrogens with zero attached hydrogens (tertiary/aromatic N) is 2. The Kier molecular flexibility index (Phi) is 3.97. The van der Waals surface area contributed by atoms with Crippen LogP contribution in [0.1, 0.15) is 17.8 Å². The highest BCUT2D eigenvalue weighted by Gasteiger charge is 2.23. The summed E-state index contributed by atoms with van der Waals surface area (Å²) in [6.07, 6.45) is 1.17. The number of hydrogen-bond donors (Lipinski definition) is 1. The Morgan fingerprint density at radius 1 is 1.53 bits per heavy atom. The number of aromatic hydroxyl groups is 1. The van der Waals surface area contributed by atoms with Crippen molar-refractivity contribution in [1.29, 1.82) is 0 Å². The Labute approximate surface area is 102 Å². The summed E-state index contributed by atoms with van der Waals surface area (Å²) < 4.78 is 5.18. The SMILES string of the molecule is COCC1CCN(Cc2nc(C)ccc2O)C1. The zero-order valence-corrected chi connectivity index (χ0v) is 10.5.